The zero-order valence-corrected chi connectivity index (χ0v) is 15.1. The second kappa shape index (κ2) is 7.33. The van der Waals surface area contributed by atoms with E-state index < -0.39 is 6.03 Å². The van der Waals surface area contributed by atoms with Crippen molar-refractivity contribution in [3.8, 4) is 0 Å². The van der Waals surface area contributed by atoms with Crippen molar-refractivity contribution in [1.29, 1.82) is 0 Å². The maximum Gasteiger partial charge on any atom is 0.319 e. The average Bonchev–Trinajstić information content (AvgIpc) is 2.91. The van der Waals surface area contributed by atoms with E-state index in [0.29, 0.717) is 22.3 Å². The highest BCUT2D eigenvalue weighted by Crippen LogP contribution is 2.26. The summed E-state index contributed by atoms with van der Waals surface area (Å²) < 4.78 is 0. The van der Waals surface area contributed by atoms with Crippen molar-refractivity contribution in [1.82, 2.24) is 5.32 Å². The number of hydrogen-bond donors (Lipinski definition) is 2. The first-order chi connectivity index (χ1) is 11.9. The molecule has 3 rings (SSSR count). The molecule has 2 aromatic carbocycles. The van der Waals surface area contributed by atoms with Crippen LogP contribution in [0.2, 0.25) is 10.0 Å². The molecule has 0 radical (unpaired) electrons. The largest absolute Gasteiger partial charge is 0.333 e. The third-order valence-electron chi connectivity index (χ3n) is 3.99. The minimum Gasteiger partial charge on any atom is -0.333 e. The Hall–Kier alpha value is -2.24. The normalized spacial score (nSPS) is 16.8. The van der Waals surface area contributed by atoms with Crippen molar-refractivity contribution < 1.29 is 9.59 Å². The van der Waals surface area contributed by atoms with E-state index in [1.54, 1.807) is 23.1 Å². The lowest BCUT2D eigenvalue weighted by molar-refractivity contribution is -0.117. The summed E-state index contributed by atoms with van der Waals surface area (Å²) in [5, 5.41) is 6.32. The lowest BCUT2D eigenvalue weighted by Gasteiger charge is -2.18. The number of benzene rings is 2. The van der Waals surface area contributed by atoms with Crippen LogP contribution in [0.15, 0.2) is 42.5 Å². The Morgan fingerprint density at radius 3 is 2.56 bits per heavy atom. The highest BCUT2D eigenvalue weighted by molar-refractivity contribution is 6.36. The van der Waals surface area contributed by atoms with Crippen molar-refractivity contribution in [2.75, 3.05) is 16.8 Å². The van der Waals surface area contributed by atoms with Gasteiger partial charge in [-0.05, 0) is 37.3 Å². The number of nitrogens with zero attached hydrogens (tertiary/aromatic N) is 1. The van der Waals surface area contributed by atoms with Gasteiger partial charge < -0.3 is 15.5 Å². The van der Waals surface area contributed by atoms with E-state index in [9.17, 15) is 9.59 Å². The van der Waals surface area contributed by atoms with E-state index >= 15 is 0 Å². The van der Waals surface area contributed by atoms with Crippen LogP contribution >= 0.6 is 23.2 Å². The van der Waals surface area contributed by atoms with Gasteiger partial charge in [0.05, 0.1) is 16.8 Å². The van der Waals surface area contributed by atoms with Gasteiger partial charge in [0.25, 0.3) is 0 Å². The SMILES string of the molecule is Cc1ccc(N2C[C@@H](NC(=O)Nc3ccc(Cl)cc3Cl)CC2=O)cc1. The molecule has 7 heteroatoms. The smallest absolute Gasteiger partial charge is 0.319 e. The summed E-state index contributed by atoms with van der Waals surface area (Å²) in [5.41, 5.74) is 2.42. The Kier molecular flexibility index (Phi) is 5.16. The molecule has 0 spiro atoms. The quantitative estimate of drug-likeness (QED) is 0.840. The monoisotopic (exact) mass is 377 g/mol. The number of halogens is 2. The van der Waals surface area contributed by atoms with E-state index in [0.717, 1.165) is 11.3 Å². The second-order valence-corrected chi connectivity index (χ2v) is 6.81. The second-order valence-electron chi connectivity index (χ2n) is 5.96. The van der Waals surface area contributed by atoms with E-state index in [4.69, 9.17) is 23.2 Å². The number of carbonyl (C=O) groups is 2. The van der Waals surface area contributed by atoms with Crippen LogP contribution in [0, 0.1) is 6.92 Å². The number of carbonyl (C=O) groups excluding carboxylic acids is 2. The number of aryl methyl sites for hydroxylation is 1. The first-order valence-electron chi connectivity index (χ1n) is 7.82. The molecule has 0 aromatic heterocycles. The summed E-state index contributed by atoms with van der Waals surface area (Å²) in [5.74, 6) is -0.0151. The summed E-state index contributed by atoms with van der Waals surface area (Å²) in [4.78, 5) is 26.1. The molecule has 1 fully saturated rings. The van der Waals surface area contributed by atoms with Gasteiger partial charge in [-0.2, -0.15) is 0 Å². The molecule has 1 heterocycles. The van der Waals surface area contributed by atoms with Crippen molar-refractivity contribution in [3.63, 3.8) is 0 Å². The van der Waals surface area contributed by atoms with Crippen LogP contribution in [-0.2, 0) is 4.79 Å². The Labute approximate surface area is 155 Å². The lowest BCUT2D eigenvalue weighted by atomic mass is 10.2. The molecule has 1 aliphatic rings. The molecular formula is C18H17Cl2N3O2. The lowest BCUT2D eigenvalue weighted by Crippen LogP contribution is -2.39. The van der Waals surface area contributed by atoms with Crippen molar-refractivity contribution in [3.05, 3.63) is 58.1 Å². The third kappa shape index (κ3) is 4.24. The van der Waals surface area contributed by atoms with Crippen LogP contribution in [0.4, 0.5) is 16.2 Å². The summed E-state index contributed by atoms with van der Waals surface area (Å²) in [6, 6.07) is 11.9. The van der Waals surface area contributed by atoms with Gasteiger partial charge in [-0.25, -0.2) is 4.79 Å². The van der Waals surface area contributed by atoms with Gasteiger partial charge in [-0.15, -0.1) is 0 Å². The van der Waals surface area contributed by atoms with Crippen molar-refractivity contribution in [2.45, 2.75) is 19.4 Å². The summed E-state index contributed by atoms with van der Waals surface area (Å²) in [6.07, 6.45) is 0.260. The molecule has 0 unspecified atom stereocenters. The molecule has 0 bridgehead atoms. The zero-order chi connectivity index (χ0) is 18.0. The molecular weight excluding hydrogens is 361 g/mol. The number of nitrogens with one attached hydrogen (secondary N) is 2. The van der Waals surface area contributed by atoms with E-state index in [1.807, 2.05) is 31.2 Å². The fraction of sp³-hybridized carbons (Fsp3) is 0.222. The van der Waals surface area contributed by atoms with Crippen LogP contribution in [0.1, 0.15) is 12.0 Å². The molecule has 1 saturated heterocycles. The molecule has 0 saturated carbocycles. The highest BCUT2D eigenvalue weighted by Gasteiger charge is 2.31. The molecule has 1 atom stereocenters. The highest BCUT2D eigenvalue weighted by atomic mass is 35.5. The third-order valence-corrected chi connectivity index (χ3v) is 4.53. The molecule has 25 heavy (non-hydrogen) atoms. The number of anilines is 2. The van der Waals surface area contributed by atoms with E-state index in [-0.39, 0.29) is 18.4 Å². The Morgan fingerprint density at radius 2 is 1.88 bits per heavy atom. The molecule has 2 N–H and O–H groups in total. The number of hydrogen-bond acceptors (Lipinski definition) is 2. The topological polar surface area (TPSA) is 61.4 Å². The van der Waals surface area contributed by atoms with Crippen LogP contribution in [0.5, 0.6) is 0 Å². The van der Waals surface area contributed by atoms with Crippen molar-refractivity contribution >= 4 is 46.5 Å². The standard InChI is InChI=1S/C18H17Cl2N3O2/c1-11-2-5-14(6-3-11)23-10-13(9-17(23)24)21-18(25)22-16-7-4-12(19)8-15(16)20/h2-8,13H,9-10H2,1H3,(H2,21,22,25)/t13-/m0/s1. The van der Waals surface area contributed by atoms with Crippen LogP contribution in [-0.4, -0.2) is 24.5 Å². The van der Waals surface area contributed by atoms with Gasteiger partial charge >= 0.3 is 6.03 Å². The summed E-state index contributed by atoms with van der Waals surface area (Å²) in [7, 11) is 0. The maximum atomic E-state index is 12.2. The zero-order valence-electron chi connectivity index (χ0n) is 13.6. The van der Waals surface area contributed by atoms with Gasteiger partial charge in [0.15, 0.2) is 0 Å². The first kappa shape index (κ1) is 17.6. The van der Waals surface area contributed by atoms with Crippen molar-refractivity contribution in [2.24, 2.45) is 0 Å². The fourth-order valence-electron chi connectivity index (χ4n) is 2.71. The summed E-state index contributed by atoms with van der Waals surface area (Å²) >= 11 is 11.9. The number of rotatable bonds is 3. The predicted octanol–water partition coefficient (Wildman–Crippen LogP) is 4.23. The number of amides is 3. The average molecular weight is 378 g/mol. The van der Waals surface area contributed by atoms with Gasteiger partial charge in [-0.3, -0.25) is 4.79 Å². The van der Waals surface area contributed by atoms with Gasteiger partial charge in [-0.1, -0.05) is 40.9 Å². The predicted molar refractivity (Wildman–Crippen MR) is 101 cm³/mol. The van der Waals surface area contributed by atoms with Crippen LogP contribution < -0.4 is 15.5 Å². The first-order valence-corrected chi connectivity index (χ1v) is 8.57. The molecule has 2 aromatic rings. The minimum absolute atomic E-state index is 0.0151. The molecule has 1 aliphatic heterocycles. The maximum absolute atomic E-state index is 12.2. The van der Waals surface area contributed by atoms with E-state index in [2.05, 4.69) is 10.6 Å². The molecule has 5 nitrogen and oxygen atoms in total. The molecule has 0 aliphatic carbocycles. The van der Waals surface area contributed by atoms with E-state index in [1.165, 1.54) is 0 Å². The fourth-order valence-corrected chi connectivity index (χ4v) is 3.17. The minimum atomic E-state index is -0.409. The van der Waals surface area contributed by atoms with Crippen LogP contribution in [0.25, 0.3) is 0 Å². The van der Waals surface area contributed by atoms with Gasteiger partial charge in [0.1, 0.15) is 0 Å². The Morgan fingerprint density at radius 1 is 1.16 bits per heavy atom. The van der Waals surface area contributed by atoms with Gasteiger partial charge in [0, 0.05) is 23.7 Å². The molecule has 3 amide bonds. The molecule has 130 valence electrons. The Balaban J connectivity index is 1.61. The number of urea groups is 1. The van der Waals surface area contributed by atoms with Crippen LogP contribution in [0.3, 0.4) is 0 Å². The van der Waals surface area contributed by atoms with Gasteiger partial charge in [0.2, 0.25) is 5.91 Å². The summed E-state index contributed by atoms with van der Waals surface area (Å²) in [6.45, 7) is 2.43. The Bertz CT molecular complexity index is 808.